The van der Waals surface area contributed by atoms with Crippen LogP contribution in [0.4, 0.5) is 5.82 Å². The van der Waals surface area contributed by atoms with E-state index in [9.17, 15) is 9.59 Å². The van der Waals surface area contributed by atoms with Crippen LogP contribution in [0.25, 0.3) is 0 Å². The molecule has 1 saturated heterocycles. The molecule has 5 nitrogen and oxygen atoms in total. The monoisotopic (exact) mass is 329 g/mol. The first-order chi connectivity index (χ1) is 9.90. The van der Waals surface area contributed by atoms with Gasteiger partial charge in [0.2, 0.25) is 11.8 Å². The van der Waals surface area contributed by atoms with E-state index in [0.717, 1.165) is 6.42 Å². The van der Waals surface area contributed by atoms with Crippen molar-refractivity contribution >= 4 is 40.8 Å². The van der Waals surface area contributed by atoms with Crippen LogP contribution >= 0.6 is 23.2 Å². The summed E-state index contributed by atoms with van der Waals surface area (Å²) in [4.78, 5) is 30.0. The molecule has 2 heterocycles. The predicted molar refractivity (Wildman–Crippen MR) is 82.5 cm³/mol. The van der Waals surface area contributed by atoms with E-state index in [-0.39, 0.29) is 17.7 Å². The van der Waals surface area contributed by atoms with E-state index >= 15 is 0 Å². The Morgan fingerprint density at radius 3 is 2.62 bits per heavy atom. The Morgan fingerprint density at radius 2 is 2.10 bits per heavy atom. The number of carbonyl (C=O) groups excluding carboxylic acids is 2. The Morgan fingerprint density at radius 1 is 1.38 bits per heavy atom. The molecule has 0 spiro atoms. The molecule has 1 aliphatic rings. The van der Waals surface area contributed by atoms with E-state index in [2.05, 4.69) is 10.3 Å². The first-order valence-electron chi connectivity index (χ1n) is 6.81. The summed E-state index contributed by atoms with van der Waals surface area (Å²) in [6.07, 6.45) is 2.67. The Hall–Kier alpha value is -1.33. The van der Waals surface area contributed by atoms with E-state index in [4.69, 9.17) is 23.2 Å². The smallest absolute Gasteiger partial charge is 0.248 e. The minimum Gasteiger partial charge on any atom is -0.330 e. The number of nitrogens with zero attached hydrogens (tertiary/aromatic N) is 2. The zero-order valence-electron chi connectivity index (χ0n) is 11.9. The van der Waals surface area contributed by atoms with Crippen molar-refractivity contribution in [2.75, 3.05) is 11.9 Å². The van der Waals surface area contributed by atoms with Gasteiger partial charge in [-0.3, -0.25) is 9.59 Å². The van der Waals surface area contributed by atoms with Gasteiger partial charge in [-0.05, 0) is 12.3 Å². The van der Waals surface area contributed by atoms with Crippen LogP contribution in [0.3, 0.4) is 0 Å². The number of rotatable bonds is 4. The zero-order chi connectivity index (χ0) is 15.6. The first kappa shape index (κ1) is 16.0. The number of anilines is 1. The third kappa shape index (κ3) is 3.66. The molecule has 1 N–H and O–H groups in total. The average Bonchev–Trinajstić information content (AvgIpc) is 2.80. The lowest BCUT2D eigenvalue weighted by Crippen LogP contribution is -2.48. The maximum Gasteiger partial charge on any atom is 0.248 e. The highest BCUT2D eigenvalue weighted by Gasteiger charge is 2.35. The summed E-state index contributed by atoms with van der Waals surface area (Å²) in [5, 5.41) is 3.35. The molecule has 114 valence electrons. The van der Waals surface area contributed by atoms with Gasteiger partial charge in [0.15, 0.2) is 0 Å². The van der Waals surface area contributed by atoms with E-state index in [1.807, 2.05) is 13.8 Å². The number of pyridine rings is 1. The summed E-state index contributed by atoms with van der Waals surface area (Å²) in [7, 11) is 0. The summed E-state index contributed by atoms with van der Waals surface area (Å²) in [6, 6.07) is 0.988. The molecule has 2 amide bonds. The number of halogens is 2. The maximum atomic E-state index is 12.5. The van der Waals surface area contributed by atoms with E-state index in [1.165, 1.54) is 12.3 Å². The second-order valence-corrected chi connectivity index (χ2v) is 6.17. The Labute approximate surface area is 133 Å². The lowest BCUT2D eigenvalue weighted by molar-refractivity contribution is -0.136. The molecule has 0 radical (unpaired) electrons. The van der Waals surface area contributed by atoms with Crippen molar-refractivity contribution in [3.8, 4) is 0 Å². The van der Waals surface area contributed by atoms with E-state index in [1.54, 1.807) is 4.90 Å². The topological polar surface area (TPSA) is 62.3 Å². The van der Waals surface area contributed by atoms with Crippen LogP contribution in [-0.2, 0) is 9.59 Å². The van der Waals surface area contributed by atoms with Crippen LogP contribution in [0.1, 0.15) is 26.7 Å². The molecule has 1 aromatic heterocycles. The molecule has 7 heteroatoms. The summed E-state index contributed by atoms with van der Waals surface area (Å²) >= 11 is 11.7. The predicted octanol–water partition coefficient (Wildman–Crippen LogP) is 2.97. The zero-order valence-corrected chi connectivity index (χ0v) is 13.4. The molecule has 0 unspecified atom stereocenters. The summed E-state index contributed by atoms with van der Waals surface area (Å²) in [5.74, 6) is 0.0959. The van der Waals surface area contributed by atoms with Gasteiger partial charge in [0.1, 0.15) is 11.9 Å². The first-order valence-corrected chi connectivity index (χ1v) is 7.57. The van der Waals surface area contributed by atoms with Crippen molar-refractivity contribution in [3.05, 3.63) is 22.3 Å². The van der Waals surface area contributed by atoms with E-state index in [0.29, 0.717) is 28.8 Å². The van der Waals surface area contributed by atoms with E-state index < -0.39 is 6.04 Å². The second kappa shape index (κ2) is 6.62. The molecule has 21 heavy (non-hydrogen) atoms. The van der Waals surface area contributed by atoms with Gasteiger partial charge in [-0.25, -0.2) is 4.98 Å². The number of aromatic nitrogens is 1. The van der Waals surface area contributed by atoms with Crippen LogP contribution in [0.2, 0.25) is 10.0 Å². The fraction of sp³-hybridized carbons (Fsp3) is 0.500. The van der Waals surface area contributed by atoms with Gasteiger partial charge < -0.3 is 10.2 Å². The third-order valence-corrected chi connectivity index (χ3v) is 4.12. The second-order valence-electron chi connectivity index (χ2n) is 5.35. The molecule has 0 saturated carbocycles. The third-order valence-electron chi connectivity index (χ3n) is 3.41. The molecule has 2 rings (SSSR count). The Bertz CT molecular complexity index is 563. The molecule has 0 aliphatic carbocycles. The van der Waals surface area contributed by atoms with Gasteiger partial charge in [-0.2, -0.15) is 0 Å². The van der Waals surface area contributed by atoms with Crippen molar-refractivity contribution in [3.63, 3.8) is 0 Å². The summed E-state index contributed by atoms with van der Waals surface area (Å²) in [6.45, 7) is 4.44. The van der Waals surface area contributed by atoms with Crippen molar-refractivity contribution in [1.29, 1.82) is 0 Å². The van der Waals surface area contributed by atoms with Gasteiger partial charge in [-0.15, -0.1) is 0 Å². The summed E-state index contributed by atoms with van der Waals surface area (Å²) in [5.41, 5.74) is 0. The Kier molecular flexibility index (Phi) is 5.06. The molecule has 1 atom stereocenters. The number of nitrogens with one attached hydrogen (secondary N) is 1. The number of amides is 2. The van der Waals surface area contributed by atoms with Gasteiger partial charge in [0, 0.05) is 25.2 Å². The number of carbonyl (C=O) groups is 2. The van der Waals surface area contributed by atoms with Gasteiger partial charge in [0.05, 0.1) is 10.0 Å². The number of hydrogen-bond donors (Lipinski definition) is 1. The fourth-order valence-corrected chi connectivity index (χ4v) is 2.71. The van der Waals surface area contributed by atoms with Gasteiger partial charge in [-0.1, -0.05) is 37.0 Å². The molecular weight excluding hydrogens is 313 g/mol. The fourth-order valence-electron chi connectivity index (χ4n) is 2.45. The van der Waals surface area contributed by atoms with Crippen LogP contribution in [0, 0.1) is 5.92 Å². The molecule has 1 fully saturated rings. The van der Waals surface area contributed by atoms with Crippen molar-refractivity contribution in [1.82, 2.24) is 9.88 Å². The highest BCUT2D eigenvalue weighted by Crippen LogP contribution is 2.24. The van der Waals surface area contributed by atoms with Crippen molar-refractivity contribution < 1.29 is 9.59 Å². The molecule has 1 aromatic rings. The van der Waals surface area contributed by atoms with Crippen molar-refractivity contribution in [2.24, 2.45) is 5.92 Å². The normalized spacial score (nSPS) is 16.4. The SMILES string of the molecule is CC(C)[C@@H](C(=O)Nc1cc(Cl)c(Cl)cn1)N1CCCC1=O. The Balaban J connectivity index is 2.15. The van der Waals surface area contributed by atoms with Gasteiger partial charge >= 0.3 is 0 Å². The minimum atomic E-state index is -0.503. The van der Waals surface area contributed by atoms with Crippen molar-refractivity contribution in [2.45, 2.75) is 32.7 Å². The lowest BCUT2D eigenvalue weighted by atomic mass is 10.0. The number of likely N-dealkylation sites (tertiary alicyclic amines) is 1. The van der Waals surface area contributed by atoms with Crippen LogP contribution in [0.15, 0.2) is 12.3 Å². The maximum absolute atomic E-state index is 12.5. The average molecular weight is 330 g/mol. The van der Waals surface area contributed by atoms with Gasteiger partial charge in [0.25, 0.3) is 0 Å². The highest BCUT2D eigenvalue weighted by molar-refractivity contribution is 6.42. The van der Waals surface area contributed by atoms with Crippen LogP contribution < -0.4 is 5.32 Å². The standard InChI is InChI=1S/C14H17Cl2N3O2/c1-8(2)13(19-5-3-4-12(19)20)14(21)18-11-6-9(15)10(16)7-17-11/h6-8,13H,3-5H2,1-2H3,(H,17,18,21)/t13-/m0/s1. The molecule has 1 aliphatic heterocycles. The minimum absolute atomic E-state index is 0.00909. The van der Waals surface area contributed by atoms with Crippen LogP contribution in [0.5, 0.6) is 0 Å². The highest BCUT2D eigenvalue weighted by atomic mass is 35.5. The lowest BCUT2D eigenvalue weighted by Gasteiger charge is -2.29. The molecular formula is C14H17Cl2N3O2. The van der Waals surface area contributed by atoms with Crippen LogP contribution in [-0.4, -0.2) is 34.3 Å². The summed E-state index contributed by atoms with van der Waals surface area (Å²) < 4.78 is 0. The molecule has 0 aromatic carbocycles. The molecule has 0 bridgehead atoms. The largest absolute Gasteiger partial charge is 0.330 e. The number of hydrogen-bond acceptors (Lipinski definition) is 3. The quantitative estimate of drug-likeness (QED) is 0.923.